The number of rotatable bonds is 5. The third-order valence-electron chi connectivity index (χ3n) is 5.28. The number of likely N-dealkylation sites (tertiary alicyclic amines) is 1. The number of carbonyl (C=O) groups excluding carboxylic acids is 3. The van der Waals surface area contributed by atoms with E-state index >= 15 is 0 Å². The van der Waals surface area contributed by atoms with Gasteiger partial charge in [-0.15, -0.1) is 0 Å². The van der Waals surface area contributed by atoms with E-state index < -0.39 is 0 Å². The molecule has 5 nitrogen and oxygen atoms in total. The molecule has 2 aromatic carbocycles. The number of anilines is 1. The number of amides is 2. The van der Waals surface area contributed by atoms with E-state index in [1.54, 1.807) is 48.5 Å². The van der Waals surface area contributed by atoms with Crippen molar-refractivity contribution in [3.8, 4) is 0 Å². The van der Waals surface area contributed by atoms with Crippen LogP contribution < -0.4 is 5.32 Å². The van der Waals surface area contributed by atoms with Crippen LogP contribution in [0.5, 0.6) is 0 Å². The lowest BCUT2D eigenvalue weighted by molar-refractivity contribution is 0.0607. The first-order valence-electron chi connectivity index (χ1n) is 9.83. The molecule has 2 aromatic rings. The first kappa shape index (κ1) is 19.8. The van der Waals surface area contributed by atoms with Gasteiger partial charge >= 0.3 is 0 Å². The molecule has 2 amide bonds. The summed E-state index contributed by atoms with van der Waals surface area (Å²) in [6, 6.07) is 13.9. The quantitative estimate of drug-likeness (QED) is 0.777. The molecule has 1 fully saturated rings. The number of nitrogens with zero attached hydrogens (tertiary/aromatic N) is 1. The third kappa shape index (κ3) is 4.47. The molecule has 1 saturated heterocycles. The predicted molar refractivity (Wildman–Crippen MR) is 110 cm³/mol. The number of ketones is 1. The van der Waals surface area contributed by atoms with Crippen LogP contribution in [0.1, 0.15) is 70.6 Å². The maximum atomic E-state index is 12.8. The highest BCUT2D eigenvalue weighted by Gasteiger charge is 2.26. The fourth-order valence-electron chi connectivity index (χ4n) is 3.64. The lowest BCUT2D eigenvalue weighted by Gasteiger charge is -2.35. The summed E-state index contributed by atoms with van der Waals surface area (Å²) in [7, 11) is 0. The van der Waals surface area contributed by atoms with Crippen LogP contribution in [0.4, 0.5) is 5.69 Å². The number of nitrogens with one attached hydrogen (secondary N) is 1. The average Bonchev–Trinajstić information content (AvgIpc) is 2.73. The molecule has 1 N–H and O–H groups in total. The van der Waals surface area contributed by atoms with Crippen molar-refractivity contribution in [3.05, 3.63) is 65.2 Å². The molecule has 28 heavy (non-hydrogen) atoms. The topological polar surface area (TPSA) is 66.5 Å². The average molecular weight is 378 g/mol. The van der Waals surface area contributed by atoms with Crippen molar-refractivity contribution in [2.45, 2.75) is 45.6 Å². The van der Waals surface area contributed by atoms with Gasteiger partial charge in [-0.05, 0) is 69.0 Å². The van der Waals surface area contributed by atoms with Crippen LogP contribution in [0.3, 0.4) is 0 Å². The van der Waals surface area contributed by atoms with E-state index in [0.717, 1.165) is 25.8 Å². The summed E-state index contributed by atoms with van der Waals surface area (Å²) in [5, 5.41) is 2.80. The Morgan fingerprint density at radius 3 is 2.39 bits per heavy atom. The summed E-state index contributed by atoms with van der Waals surface area (Å²) in [6.07, 6.45) is 4.24. The Kier molecular flexibility index (Phi) is 6.24. The van der Waals surface area contributed by atoms with Gasteiger partial charge in [0.1, 0.15) is 0 Å². The first-order chi connectivity index (χ1) is 13.5. The lowest BCUT2D eigenvalue weighted by Crippen LogP contribution is -2.43. The Labute approximate surface area is 165 Å². The molecule has 0 spiro atoms. The molecular weight excluding hydrogens is 352 g/mol. The second kappa shape index (κ2) is 8.83. The molecule has 1 atom stereocenters. The number of hydrogen-bond acceptors (Lipinski definition) is 3. The Balaban J connectivity index is 1.69. The standard InChI is InChI=1S/C23H26N2O3/c1-3-21-9-4-5-14-25(21)23(28)18-12-10-17(11-13-18)22(27)24-20-8-6-7-19(15-20)16(2)26/h6-8,10-13,15,21H,3-5,9,14H2,1-2H3,(H,24,27). The summed E-state index contributed by atoms with van der Waals surface area (Å²) < 4.78 is 0. The Hall–Kier alpha value is -2.95. The van der Waals surface area contributed by atoms with Crippen LogP contribution in [0.15, 0.2) is 48.5 Å². The van der Waals surface area contributed by atoms with E-state index in [0.29, 0.717) is 28.4 Å². The fraction of sp³-hybridized carbons (Fsp3) is 0.348. The minimum Gasteiger partial charge on any atom is -0.336 e. The van der Waals surface area contributed by atoms with Crippen LogP contribution in [-0.4, -0.2) is 35.1 Å². The molecule has 146 valence electrons. The molecule has 0 radical (unpaired) electrons. The van der Waals surface area contributed by atoms with Crippen LogP contribution in [0.25, 0.3) is 0 Å². The van der Waals surface area contributed by atoms with E-state index in [1.807, 2.05) is 4.90 Å². The number of hydrogen-bond donors (Lipinski definition) is 1. The summed E-state index contributed by atoms with van der Waals surface area (Å²) in [5.74, 6) is -0.293. The second-order valence-electron chi connectivity index (χ2n) is 7.22. The van der Waals surface area contributed by atoms with Gasteiger partial charge in [0, 0.05) is 35.0 Å². The molecule has 0 saturated carbocycles. The number of piperidine rings is 1. The van der Waals surface area contributed by atoms with Gasteiger partial charge in [0.25, 0.3) is 11.8 Å². The smallest absolute Gasteiger partial charge is 0.255 e. The SMILES string of the molecule is CCC1CCCCN1C(=O)c1ccc(C(=O)Nc2cccc(C(C)=O)c2)cc1. The monoisotopic (exact) mass is 378 g/mol. The molecular formula is C23H26N2O3. The Bertz CT molecular complexity index is 874. The van der Waals surface area contributed by atoms with E-state index in [4.69, 9.17) is 0 Å². The van der Waals surface area contributed by atoms with Gasteiger partial charge in [0.05, 0.1) is 0 Å². The summed E-state index contributed by atoms with van der Waals surface area (Å²) in [5.41, 5.74) is 2.19. The first-order valence-corrected chi connectivity index (χ1v) is 9.83. The number of carbonyl (C=O) groups is 3. The minimum atomic E-state index is -0.274. The minimum absolute atomic E-state index is 0.0349. The van der Waals surface area contributed by atoms with Crippen LogP contribution >= 0.6 is 0 Å². The van der Waals surface area contributed by atoms with Crippen LogP contribution in [0.2, 0.25) is 0 Å². The maximum absolute atomic E-state index is 12.8. The zero-order chi connectivity index (χ0) is 20.1. The number of benzene rings is 2. The van der Waals surface area contributed by atoms with Crippen molar-refractivity contribution in [3.63, 3.8) is 0 Å². The molecule has 1 aliphatic heterocycles. The van der Waals surface area contributed by atoms with Crippen molar-refractivity contribution in [2.75, 3.05) is 11.9 Å². The van der Waals surface area contributed by atoms with Crippen LogP contribution in [-0.2, 0) is 0 Å². The molecule has 1 aliphatic rings. The van der Waals surface area contributed by atoms with Crippen molar-refractivity contribution >= 4 is 23.3 Å². The van der Waals surface area contributed by atoms with Crippen LogP contribution in [0, 0.1) is 0 Å². The van der Waals surface area contributed by atoms with E-state index in [9.17, 15) is 14.4 Å². The summed E-state index contributed by atoms with van der Waals surface area (Å²) in [6.45, 7) is 4.40. The normalized spacial score (nSPS) is 16.5. The van der Waals surface area contributed by atoms with Gasteiger partial charge < -0.3 is 10.2 Å². The van der Waals surface area contributed by atoms with Gasteiger partial charge in [-0.25, -0.2) is 0 Å². The van der Waals surface area contributed by atoms with E-state index in [2.05, 4.69) is 12.2 Å². The molecule has 3 rings (SSSR count). The highest BCUT2D eigenvalue weighted by Crippen LogP contribution is 2.22. The molecule has 5 heteroatoms. The second-order valence-corrected chi connectivity index (χ2v) is 7.22. The predicted octanol–water partition coefficient (Wildman–Crippen LogP) is 4.55. The highest BCUT2D eigenvalue weighted by molar-refractivity contribution is 6.05. The molecule has 1 heterocycles. The van der Waals surface area contributed by atoms with Crippen molar-refractivity contribution in [2.24, 2.45) is 0 Å². The summed E-state index contributed by atoms with van der Waals surface area (Å²) >= 11 is 0. The molecule has 0 aliphatic carbocycles. The Morgan fingerprint density at radius 2 is 1.71 bits per heavy atom. The third-order valence-corrected chi connectivity index (χ3v) is 5.28. The van der Waals surface area contributed by atoms with Gasteiger partial charge in [0.15, 0.2) is 5.78 Å². The zero-order valence-electron chi connectivity index (χ0n) is 16.4. The summed E-state index contributed by atoms with van der Waals surface area (Å²) in [4.78, 5) is 38.8. The van der Waals surface area contributed by atoms with Crippen molar-refractivity contribution in [1.29, 1.82) is 0 Å². The van der Waals surface area contributed by atoms with Crippen molar-refractivity contribution < 1.29 is 14.4 Å². The van der Waals surface area contributed by atoms with E-state index in [-0.39, 0.29) is 17.6 Å². The van der Waals surface area contributed by atoms with Crippen molar-refractivity contribution in [1.82, 2.24) is 4.90 Å². The fourth-order valence-corrected chi connectivity index (χ4v) is 3.64. The lowest BCUT2D eigenvalue weighted by atomic mass is 9.98. The van der Waals surface area contributed by atoms with Gasteiger partial charge in [-0.2, -0.15) is 0 Å². The Morgan fingerprint density at radius 1 is 1.00 bits per heavy atom. The van der Waals surface area contributed by atoms with Gasteiger partial charge in [0.2, 0.25) is 0 Å². The molecule has 0 aromatic heterocycles. The van der Waals surface area contributed by atoms with Gasteiger partial charge in [-0.1, -0.05) is 19.1 Å². The maximum Gasteiger partial charge on any atom is 0.255 e. The largest absolute Gasteiger partial charge is 0.336 e. The number of Topliss-reactive ketones (excluding diaryl/α,β-unsaturated/α-hetero) is 1. The molecule has 0 bridgehead atoms. The van der Waals surface area contributed by atoms with E-state index in [1.165, 1.54) is 13.3 Å². The highest BCUT2D eigenvalue weighted by atomic mass is 16.2. The molecule has 1 unspecified atom stereocenters. The zero-order valence-corrected chi connectivity index (χ0v) is 16.4. The van der Waals surface area contributed by atoms with Gasteiger partial charge in [-0.3, -0.25) is 14.4 Å².